The van der Waals surface area contributed by atoms with E-state index in [1.54, 1.807) is 17.8 Å². The Hall–Kier alpha value is -3.19. The zero-order chi connectivity index (χ0) is 20.7. The van der Waals surface area contributed by atoms with Crippen molar-refractivity contribution >= 4 is 33.5 Å². The van der Waals surface area contributed by atoms with Gasteiger partial charge in [-0.2, -0.15) is 4.98 Å². The Morgan fingerprint density at radius 3 is 2.59 bits per heavy atom. The smallest absolute Gasteiger partial charge is 0.305 e. The first-order chi connectivity index (χ1) is 13.9. The lowest BCUT2D eigenvalue weighted by molar-refractivity contribution is 0.645. The Kier molecular flexibility index (Phi) is 4.84. The Labute approximate surface area is 171 Å². The maximum absolute atomic E-state index is 13.2. The van der Waals surface area contributed by atoms with Crippen LogP contribution < -0.4 is 11.2 Å². The number of allylic oxidation sites excluding steroid dienone is 2. The van der Waals surface area contributed by atoms with Crippen LogP contribution in [0.2, 0.25) is 5.28 Å². The summed E-state index contributed by atoms with van der Waals surface area (Å²) in [5, 5.41) is 2.17. The van der Waals surface area contributed by atoms with Crippen LogP contribution in [0.25, 0.3) is 21.9 Å². The van der Waals surface area contributed by atoms with Crippen LogP contribution in [0.3, 0.4) is 0 Å². The quantitative estimate of drug-likeness (QED) is 0.383. The number of aromatic nitrogens is 5. The fourth-order valence-corrected chi connectivity index (χ4v) is 3.54. The normalized spacial score (nSPS) is 11.3. The van der Waals surface area contributed by atoms with Crippen LogP contribution in [0.4, 0.5) is 0 Å². The van der Waals surface area contributed by atoms with Gasteiger partial charge in [-0.1, -0.05) is 35.9 Å². The van der Waals surface area contributed by atoms with Crippen molar-refractivity contribution in [2.24, 2.45) is 7.05 Å². The Morgan fingerprint density at radius 2 is 1.86 bits per heavy atom. The molecule has 3 aromatic heterocycles. The minimum absolute atomic E-state index is 0.0672. The second kappa shape index (κ2) is 7.33. The van der Waals surface area contributed by atoms with Gasteiger partial charge in [0.2, 0.25) is 5.28 Å². The third-order valence-electron chi connectivity index (χ3n) is 4.88. The van der Waals surface area contributed by atoms with E-state index in [0.29, 0.717) is 17.8 Å². The van der Waals surface area contributed by atoms with Gasteiger partial charge in [-0.3, -0.25) is 18.9 Å². The molecular formula is C21H20ClN5O2. The number of rotatable bonds is 4. The second-order valence-corrected chi connectivity index (χ2v) is 7.54. The van der Waals surface area contributed by atoms with Crippen molar-refractivity contribution in [3.63, 3.8) is 0 Å². The van der Waals surface area contributed by atoms with Crippen molar-refractivity contribution in [1.29, 1.82) is 0 Å². The maximum Gasteiger partial charge on any atom is 0.332 e. The monoisotopic (exact) mass is 409 g/mol. The second-order valence-electron chi connectivity index (χ2n) is 7.20. The first kappa shape index (κ1) is 19.1. The van der Waals surface area contributed by atoms with Gasteiger partial charge in [-0.15, -0.1) is 0 Å². The summed E-state index contributed by atoms with van der Waals surface area (Å²) in [5.41, 5.74) is 1.41. The minimum Gasteiger partial charge on any atom is -0.305 e. The average molecular weight is 410 g/mol. The van der Waals surface area contributed by atoms with Crippen LogP contribution in [0.5, 0.6) is 0 Å². The number of pyridine rings is 1. The lowest BCUT2D eigenvalue weighted by Gasteiger charge is -2.10. The number of hydrogen-bond acceptors (Lipinski definition) is 4. The molecule has 0 aliphatic rings. The van der Waals surface area contributed by atoms with Crippen LogP contribution in [0.15, 0.2) is 57.8 Å². The molecule has 0 fully saturated rings. The largest absolute Gasteiger partial charge is 0.332 e. The molecule has 0 amide bonds. The highest BCUT2D eigenvalue weighted by molar-refractivity contribution is 6.29. The molecule has 0 N–H and O–H groups in total. The molecule has 0 bridgehead atoms. The van der Waals surface area contributed by atoms with Gasteiger partial charge in [0, 0.05) is 25.2 Å². The van der Waals surface area contributed by atoms with Crippen LogP contribution in [-0.4, -0.2) is 23.7 Å². The van der Waals surface area contributed by atoms with E-state index in [9.17, 15) is 9.59 Å². The molecule has 148 valence electrons. The van der Waals surface area contributed by atoms with E-state index in [4.69, 9.17) is 11.6 Å². The molecule has 8 heteroatoms. The summed E-state index contributed by atoms with van der Waals surface area (Å²) in [6.07, 6.45) is 3.70. The van der Waals surface area contributed by atoms with Gasteiger partial charge in [0.15, 0.2) is 11.2 Å². The molecule has 0 aliphatic heterocycles. The predicted octanol–water partition coefficient (Wildman–Crippen LogP) is 3.11. The third kappa shape index (κ3) is 3.38. The Morgan fingerprint density at radius 1 is 1.14 bits per heavy atom. The van der Waals surface area contributed by atoms with Gasteiger partial charge in [-0.25, -0.2) is 4.79 Å². The number of halogens is 1. The van der Waals surface area contributed by atoms with Gasteiger partial charge >= 0.3 is 5.69 Å². The fourth-order valence-electron chi connectivity index (χ4n) is 3.30. The van der Waals surface area contributed by atoms with E-state index >= 15 is 0 Å². The number of hydrogen-bond donors (Lipinski definition) is 0. The molecule has 0 unspecified atom stereocenters. The van der Waals surface area contributed by atoms with Gasteiger partial charge in [0.25, 0.3) is 5.56 Å². The zero-order valence-corrected chi connectivity index (χ0v) is 17.1. The molecule has 0 spiro atoms. The highest BCUT2D eigenvalue weighted by Gasteiger charge is 2.19. The van der Waals surface area contributed by atoms with Crippen molar-refractivity contribution in [2.75, 3.05) is 0 Å². The first-order valence-corrected chi connectivity index (χ1v) is 9.57. The standard InChI is InChI=1S/C21H20ClN5O2/c1-13(2)8-9-26-17-18(24-20(26)22)25(3)21(29)27(19(17)28)12-16-10-14-6-4-5-7-15(14)11-23-16/h4-8,10-11H,9,12H2,1-3H3. The van der Waals surface area contributed by atoms with Gasteiger partial charge in [-0.05, 0) is 36.9 Å². The van der Waals surface area contributed by atoms with Crippen molar-refractivity contribution < 1.29 is 0 Å². The number of benzene rings is 1. The summed E-state index contributed by atoms with van der Waals surface area (Å²) in [5.74, 6) is 0. The summed E-state index contributed by atoms with van der Waals surface area (Å²) in [6.45, 7) is 4.40. The van der Waals surface area contributed by atoms with E-state index < -0.39 is 11.2 Å². The Balaban J connectivity index is 1.89. The van der Waals surface area contributed by atoms with Crippen LogP contribution in [-0.2, 0) is 20.1 Å². The zero-order valence-electron chi connectivity index (χ0n) is 16.4. The maximum atomic E-state index is 13.2. The molecule has 29 heavy (non-hydrogen) atoms. The molecule has 0 saturated heterocycles. The van der Waals surface area contributed by atoms with Gasteiger partial charge in [0.05, 0.1) is 12.2 Å². The van der Waals surface area contributed by atoms with E-state index in [0.717, 1.165) is 16.3 Å². The van der Waals surface area contributed by atoms with Gasteiger partial charge < -0.3 is 4.57 Å². The van der Waals surface area contributed by atoms with Crippen molar-refractivity contribution in [1.82, 2.24) is 23.7 Å². The molecule has 0 saturated carbocycles. The van der Waals surface area contributed by atoms with E-state index in [1.165, 1.54) is 9.13 Å². The van der Waals surface area contributed by atoms with E-state index in [-0.39, 0.29) is 17.5 Å². The number of aryl methyl sites for hydroxylation is 1. The summed E-state index contributed by atoms with van der Waals surface area (Å²) >= 11 is 6.27. The summed E-state index contributed by atoms with van der Waals surface area (Å²) in [6, 6.07) is 9.70. The average Bonchev–Trinajstić information content (AvgIpc) is 3.04. The minimum atomic E-state index is -0.457. The lowest BCUT2D eigenvalue weighted by Crippen LogP contribution is -2.40. The van der Waals surface area contributed by atoms with E-state index in [2.05, 4.69) is 9.97 Å². The molecule has 0 atom stereocenters. The highest BCUT2D eigenvalue weighted by atomic mass is 35.5. The lowest BCUT2D eigenvalue weighted by atomic mass is 10.1. The topological polar surface area (TPSA) is 74.7 Å². The summed E-state index contributed by atoms with van der Waals surface area (Å²) in [7, 11) is 1.59. The van der Waals surface area contributed by atoms with Crippen LogP contribution >= 0.6 is 11.6 Å². The third-order valence-corrected chi connectivity index (χ3v) is 5.16. The van der Waals surface area contributed by atoms with Crippen molar-refractivity contribution in [2.45, 2.75) is 26.9 Å². The SMILES string of the molecule is CC(C)=CCn1c(Cl)nc2c1c(=O)n(Cc1cc3ccccc3cn1)c(=O)n2C. The van der Waals surface area contributed by atoms with Gasteiger partial charge in [0.1, 0.15) is 0 Å². The highest BCUT2D eigenvalue weighted by Crippen LogP contribution is 2.17. The number of fused-ring (bicyclic) bond motifs is 2. The molecule has 4 rings (SSSR count). The molecule has 0 aliphatic carbocycles. The fraction of sp³-hybridized carbons (Fsp3) is 0.238. The molecule has 7 nitrogen and oxygen atoms in total. The van der Waals surface area contributed by atoms with Crippen LogP contribution in [0, 0.1) is 0 Å². The number of nitrogens with zero attached hydrogens (tertiary/aromatic N) is 5. The molecule has 1 aromatic carbocycles. The summed E-state index contributed by atoms with van der Waals surface area (Å²) in [4.78, 5) is 34.7. The molecule has 4 aromatic rings. The first-order valence-electron chi connectivity index (χ1n) is 9.19. The van der Waals surface area contributed by atoms with Crippen molar-refractivity contribution in [3.8, 4) is 0 Å². The van der Waals surface area contributed by atoms with E-state index in [1.807, 2.05) is 50.3 Å². The molecule has 3 heterocycles. The number of imidazole rings is 1. The molecule has 0 radical (unpaired) electrons. The van der Waals surface area contributed by atoms with Crippen molar-refractivity contribution in [3.05, 3.63) is 80.0 Å². The molecular weight excluding hydrogens is 390 g/mol. The Bertz CT molecular complexity index is 1390. The van der Waals surface area contributed by atoms with Crippen LogP contribution in [0.1, 0.15) is 19.5 Å². The predicted molar refractivity (Wildman–Crippen MR) is 115 cm³/mol. The summed E-state index contributed by atoms with van der Waals surface area (Å²) < 4.78 is 4.15.